The topological polar surface area (TPSA) is 21.3 Å². The van der Waals surface area contributed by atoms with E-state index < -0.39 is 0 Å². The first-order valence-corrected chi connectivity index (χ1v) is 5.35. The molecule has 1 N–H and O–H groups in total. The van der Waals surface area contributed by atoms with E-state index in [0.717, 1.165) is 32.2 Å². The molecule has 0 aromatic heterocycles. The van der Waals surface area contributed by atoms with Crippen molar-refractivity contribution in [2.24, 2.45) is 0 Å². The van der Waals surface area contributed by atoms with Crippen LogP contribution in [0.2, 0.25) is 0 Å². The molecule has 0 saturated heterocycles. The number of hydrogen-bond acceptors (Lipinski definition) is 2. The Morgan fingerprint density at radius 2 is 2.15 bits per heavy atom. The van der Waals surface area contributed by atoms with Crippen LogP contribution < -0.4 is 5.32 Å². The van der Waals surface area contributed by atoms with Crippen molar-refractivity contribution in [3.63, 3.8) is 0 Å². The van der Waals surface area contributed by atoms with Crippen molar-refractivity contribution in [2.75, 3.05) is 19.8 Å². The van der Waals surface area contributed by atoms with E-state index in [0.29, 0.717) is 0 Å². The molecule has 0 amide bonds. The summed E-state index contributed by atoms with van der Waals surface area (Å²) in [6.45, 7) is 6.54. The van der Waals surface area contributed by atoms with Crippen LogP contribution in [0.5, 0.6) is 0 Å². The summed E-state index contributed by atoms with van der Waals surface area (Å²) in [4.78, 5) is 0. The van der Waals surface area contributed by atoms with E-state index in [1.54, 1.807) is 0 Å². The van der Waals surface area contributed by atoms with Crippen molar-refractivity contribution >= 4 is 0 Å². The van der Waals surface area contributed by atoms with Gasteiger partial charge >= 0.3 is 0 Å². The predicted molar refractivity (Wildman–Crippen MR) is 55.9 cm³/mol. The van der Waals surface area contributed by atoms with Gasteiger partial charge in [0.25, 0.3) is 0 Å². The normalized spacial score (nSPS) is 16.0. The molecule has 0 aromatic rings. The summed E-state index contributed by atoms with van der Waals surface area (Å²) in [5.41, 5.74) is 0. The molecule has 0 aliphatic heterocycles. The highest BCUT2D eigenvalue weighted by molar-refractivity contribution is 4.80. The Kier molecular flexibility index (Phi) is 5.87. The molecule has 2 heteroatoms. The van der Waals surface area contributed by atoms with Crippen LogP contribution in [-0.4, -0.2) is 25.8 Å². The van der Waals surface area contributed by atoms with Gasteiger partial charge in [-0.1, -0.05) is 6.08 Å². The molecule has 13 heavy (non-hydrogen) atoms. The van der Waals surface area contributed by atoms with Crippen LogP contribution in [-0.2, 0) is 4.74 Å². The highest BCUT2D eigenvalue weighted by Gasteiger charge is 2.19. The van der Waals surface area contributed by atoms with E-state index in [-0.39, 0.29) is 0 Å². The molecule has 0 atom stereocenters. The monoisotopic (exact) mass is 183 g/mol. The summed E-state index contributed by atoms with van der Waals surface area (Å²) >= 11 is 0. The standard InChI is InChI=1S/C11H21NO/c1-2-3-9-13-10-5-4-8-12-11-6-7-11/h2,11-12H,1,3-10H2. The highest BCUT2D eigenvalue weighted by Crippen LogP contribution is 2.18. The highest BCUT2D eigenvalue weighted by atomic mass is 16.5. The number of unbranched alkanes of at least 4 members (excludes halogenated alkanes) is 1. The maximum atomic E-state index is 5.40. The molecule has 2 nitrogen and oxygen atoms in total. The van der Waals surface area contributed by atoms with E-state index in [9.17, 15) is 0 Å². The minimum atomic E-state index is 0.833. The second-order valence-corrected chi connectivity index (χ2v) is 3.63. The lowest BCUT2D eigenvalue weighted by Crippen LogP contribution is -2.17. The third-order valence-electron chi connectivity index (χ3n) is 2.19. The number of rotatable bonds is 9. The van der Waals surface area contributed by atoms with Gasteiger partial charge in [-0.2, -0.15) is 0 Å². The molecule has 1 rings (SSSR count). The van der Waals surface area contributed by atoms with E-state index in [1.807, 2.05) is 6.08 Å². The lowest BCUT2D eigenvalue weighted by Gasteiger charge is -2.03. The number of nitrogens with one attached hydrogen (secondary N) is 1. The Hall–Kier alpha value is -0.340. The molecule has 0 spiro atoms. The van der Waals surface area contributed by atoms with Crippen LogP contribution in [0.3, 0.4) is 0 Å². The summed E-state index contributed by atoms with van der Waals surface area (Å²) in [7, 11) is 0. The van der Waals surface area contributed by atoms with Gasteiger partial charge in [0.2, 0.25) is 0 Å². The minimum Gasteiger partial charge on any atom is -0.381 e. The Labute approximate surface area is 81.4 Å². The van der Waals surface area contributed by atoms with Crippen LogP contribution in [0, 0.1) is 0 Å². The molecule has 0 heterocycles. The summed E-state index contributed by atoms with van der Waals surface area (Å²) in [6, 6.07) is 0.849. The van der Waals surface area contributed by atoms with Gasteiger partial charge in [0.05, 0.1) is 0 Å². The second-order valence-electron chi connectivity index (χ2n) is 3.63. The molecular formula is C11H21NO. The molecule has 76 valence electrons. The van der Waals surface area contributed by atoms with Crippen molar-refractivity contribution in [2.45, 2.75) is 38.1 Å². The molecule has 1 aliphatic rings. The van der Waals surface area contributed by atoms with Crippen molar-refractivity contribution in [1.82, 2.24) is 5.32 Å². The lowest BCUT2D eigenvalue weighted by molar-refractivity contribution is 0.135. The van der Waals surface area contributed by atoms with Gasteiger partial charge in [-0.3, -0.25) is 0 Å². The van der Waals surface area contributed by atoms with Gasteiger partial charge in [-0.15, -0.1) is 6.58 Å². The quantitative estimate of drug-likeness (QED) is 0.436. The zero-order chi connectivity index (χ0) is 9.36. The van der Waals surface area contributed by atoms with Crippen LogP contribution >= 0.6 is 0 Å². The van der Waals surface area contributed by atoms with Crippen LogP contribution in [0.4, 0.5) is 0 Å². The largest absolute Gasteiger partial charge is 0.381 e. The zero-order valence-corrected chi connectivity index (χ0v) is 8.43. The molecule has 1 aliphatic carbocycles. The molecule has 0 bridgehead atoms. The summed E-state index contributed by atoms with van der Waals surface area (Å²) < 4.78 is 5.40. The van der Waals surface area contributed by atoms with Gasteiger partial charge in [-0.25, -0.2) is 0 Å². The average molecular weight is 183 g/mol. The molecule has 1 fully saturated rings. The predicted octanol–water partition coefficient (Wildman–Crippen LogP) is 2.11. The Morgan fingerprint density at radius 1 is 1.31 bits per heavy atom. The Bertz CT molecular complexity index is 132. The smallest absolute Gasteiger partial charge is 0.0500 e. The maximum absolute atomic E-state index is 5.40. The molecular weight excluding hydrogens is 162 g/mol. The number of hydrogen-bond donors (Lipinski definition) is 1. The molecule has 0 aromatic carbocycles. The van der Waals surface area contributed by atoms with Crippen molar-refractivity contribution < 1.29 is 4.74 Å². The lowest BCUT2D eigenvalue weighted by atomic mass is 10.3. The van der Waals surface area contributed by atoms with Crippen LogP contribution in [0.25, 0.3) is 0 Å². The fourth-order valence-corrected chi connectivity index (χ4v) is 1.19. The molecule has 0 unspecified atom stereocenters. The van der Waals surface area contributed by atoms with Crippen LogP contribution in [0.1, 0.15) is 32.1 Å². The van der Waals surface area contributed by atoms with Gasteiger partial charge in [0.1, 0.15) is 0 Å². The van der Waals surface area contributed by atoms with Crippen LogP contribution in [0.15, 0.2) is 12.7 Å². The van der Waals surface area contributed by atoms with E-state index in [1.165, 1.54) is 25.7 Å². The van der Waals surface area contributed by atoms with Gasteiger partial charge in [0, 0.05) is 19.3 Å². The Morgan fingerprint density at radius 3 is 2.85 bits per heavy atom. The first-order valence-electron chi connectivity index (χ1n) is 5.35. The second kappa shape index (κ2) is 7.10. The van der Waals surface area contributed by atoms with Gasteiger partial charge in [-0.05, 0) is 38.6 Å². The van der Waals surface area contributed by atoms with Gasteiger partial charge < -0.3 is 10.1 Å². The molecule has 1 saturated carbocycles. The van der Waals surface area contributed by atoms with Gasteiger partial charge in [0.15, 0.2) is 0 Å². The maximum Gasteiger partial charge on any atom is 0.0500 e. The van der Waals surface area contributed by atoms with E-state index in [2.05, 4.69) is 11.9 Å². The SMILES string of the molecule is C=CCCOCCCCNC1CC1. The molecule has 0 radical (unpaired) electrons. The first kappa shape index (κ1) is 10.7. The van der Waals surface area contributed by atoms with E-state index in [4.69, 9.17) is 4.74 Å². The first-order chi connectivity index (χ1) is 6.43. The summed E-state index contributed by atoms with van der Waals surface area (Å²) in [6.07, 6.45) is 8.06. The third-order valence-corrected chi connectivity index (χ3v) is 2.19. The average Bonchev–Trinajstić information content (AvgIpc) is 2.93. The number of ether oxygens (including phenoxy) is 1. The van der Waals surface area contributed by atoms with Crippen molar-refractivity contribution in [1.29, 1.82) is 0 Å². The van der Waals surface area contributed by atoms with Crippen molar-refractivity contribution in [3.05, 3.63) is 12.7 Å². The third kappa shape index (κ3) is 6.79. The fraction of sp³-hybridized carbons (Fsp3) is 0.818. The summed E-state index contributed by atoms with van der Waals surface area (Å²) in [5, 5.41) is 3.49. The zero-order valence-electron chi connectivity index (χ0n) is 8.43. The fourth-order valence-electron chi connectivity index (χ4n) is 1.19. The minimum absolute atomic E-state index is 0.833. The Balaban J connectivity index is 1.65. The van der Waals surface area contributed by atoms with Crippen molar-refractivity contribution in [3.8, 4) is 0 Å². The van der Waals surface area contributed by atoms with E-state index >= 15 is 0 Å². The summed E-state index contributed by atoms with van der Waals surface area (Å²) in [5.74, 6) is 0.